The van der Waals surface area contributed by atoms with Crippen LogP contribution in [-0.2, 0) is 17.6 Å². The molecule has 0 atom stereocenters. The predicted molar refractivity (Wildman–Crippen MR) is 74.8 cm³/mol. The molecule has 0 fully saturated rings. The zero-order valence-corrected chi connectivity index (χ0v) is 10.7. The Morgan fingerprint density at radius 2 is 1.33 bits per heavy atom. The first-order valence-corrected chi connectivity index (χ1v) is 6.35. The fraction of sp³-hybridized carbons (Fsp3) is 0.235. The van der Waals surface area contributed by atoms with E-state index in [4.69, 9.17) is 0 Å². The maximum Gasteiger partial charge on any atom is 0.120 e. The summed E-state index contributed by atoms with van der Waals surface area (Å²) in [6.45, 7) is 2.10. The quantitative estimate of drug-likeness (QED) is 0.726. The van der Waals surface area contributed by atoms with Gasteiger partial charge >= 0.3 is 0 Å². The van der Waals surface area contributed by atoms with Crippen molar-refractivity contribution in [3.05, 3.63) is 70.8 Å². The second-order valence-corrected chi connectivity index (χ2v) is 4.68. The molecule has 1 heteroatoms. The molecule has 2 rings (SSSR count). The molecular weight excluding hydrogens is 220 g/mol. The Hall–Kier alpha value is -1.89. The summed E-state index contributed by atoms with van der Waals surface area (Å²) in [5.41, 5.74) is 5.17. The molecule has 0 aliphatic rings. The highest BCUT2D eigenvalue weighted by Gasteiger charge is 1.97. The van der Waals surface area contributed by atoms with E-state index in [2.05, 4.69) is 55.5 Å². The van der Waals surface area contributed by atoms with Crippen LogP contribution in [0, 0.1) is 6.92 Å². The van der Waals surface area contributed by atoms with Crippen molar-refractivity contribution in [2.75, 3.05) is 0 Å². The Kier molecular flexibility index (Phi) is 4.30. The van der Waals surface area contributed by atoms with Gasteiger partial charge < -0.3 is 4.79 Å². The molecule has 0 bridgehead atoms. The third kappa shape index (κ3) is 3.56. The molecule has 0 saturated heterocycles. The van der Waals surface area contributed by atoms with Crippen molar-refractivity contribution in [3.8, 4) is 0 Å². The molecule has 0 unspecified atom stereocenters. The average molecular weight is 238 g/mol. The van der Waals surface area contributed by atoms with Crippen LogP contribution in [0.4, 0.5) is 0 Å². The third-order valence-corrected chi connectivity index (χ3v) is 3.10. The smallest absolute Gasteiger partial charge is 0.120 e. The number of carbonyl (C=O) groups excluding carboxylic acids is 1. The number of benzene rings is 2. The van der Waals surface area contributed by atoms with E-state index in [-0.39, 0.29) is 0 Å². The van der Waals surface area contributed by atoms with Crippen molar-refractivity contribution in [1.82, 2.24) is 0 Å². The lowest BCUT2D eigenvalue weighted by Gasteiger charge is -2.04. The monoisotopic (exact) mass is 238 g/mol. The van der Waals surface area contributed by atoms with Crippen LogP contribution in [0.2, 0.25) is 0 Å². The number of hydrogen-bond acceptors (Lipinski definition) is 1. The van der Waals surface area contributed by atoms with Crippen LogP contribution >= 0.6 is 0 Å². The third-order valence-electron chi connectivity index (χ3n) is 3.10. The summed E-state index contributed by atoms with van der Waals surface area (Å²) in [6.07, 6.45) is 3.39. The lowest BCUT2D eigenvalue weighted by Crippen LogP contribution is -1.90. The molecule has 18 heavy (non-hydrogen) atoms. The molecule has 2 aromatic rings. The van der Waals surface area contributed by atoms with E-state index in [1.54, 1.807) is 0 Å². The van der Waals surface area contributed by atoms with E-state index in [1.165, 1.54) is 22.3 Å². The number of aldehydes is 1. The van der Waals surface area contributed by atoms with Crippen LogP contribution in [0.25, 0.3) is 0 Å². The van der Waals surface area contributed by atoms with Gasteiger partial charge in [-0.15, -0.1) is 0 Å². The normalized spacial score (nSPS) is 10.3. The van der Waals surface area contributed by atoms with E-state index < -0.39 is 0 Å². The molecule has 0 aliphatic heterocycles. The van der Waals surface area contributed by atoms with Crippen LogP contribution in [0.1, 0.15) is 28.7 Å². The molecule has 0 N–H and O–H groups in total. The maximum absolute atomic E-state index is 10.3. The van der Waals surface area contributed by atoms with Crippen LogP contribution in [0.5, 0.6) is 0 Å². The summed E-state index contributed by atoms with van der Waals surface area (Å²) in [6, 6.07) is 17.2. The minimum absolute atomic E-state index is 0.608. The van der Waals surface area contributed by atoms with E-state index in [1.807, 2.05) is 0 Å². The molecule has 0 aromatic heterocycles. The van der Waals surface area contributed by atoms with Crippen LogP contribution in [-0.4, -0.2) is 6.29 Å². The standard InChI is InChI=1S/C17H18O/c1-14-4-6-16(7-5-14)13-17-10-8-15(9-11-17)3-2-12-18/h4-12H,2-3,13H2,1H3. The van der Waals surface area contributed by atoms with Gasteiger partial charge in [0.05, 0.1) is 0 Å². The maximum atomic E-state index is 10.3. The first kappa shape index (κ1) is 12.6. The molecule has 0 saturated carbocycles. The first-order chi connectivity index (χ1) is 8.78. The Balaban J connectivity index is 2.01. The zero-order chi connectivity index (χ0) is 12.8. The van der Waals surface area contributed by atoms with E-state index in [9.17, 15) is 4.79 Å². The SMILES string of the molecule is Cc1ccc(Cc2ccc(CCC=O)cc2)cc1. The van der Waals surface area contributed by atoms with Gasteiger partial charge in [-0.05, 0) is 36.5 Å². The molecule has 0 spiro atoms. The molecule has 92 valence electrons. The van der Waals surface area contributed by atoms with E-state index in [0.717, 1.165) is 19.1 Å². The summed E-state index contributed by atoms with van der Waals surface area (Å²) >= 11 is 0. The van der Waals surface area contributed by atoms with Gasteiger partial charge in [-0.3, -0.25) is 0 Å². The molecule has 0 heterocycles. The highest BCUT2D eigenvalue weighted by atomic mass is 16.1. The first-order valence-electron chi connectivity index (χ1n) is 6.35. The fourth-order valence-corrected chi connectivity index (χ4v) is 1.99. The number of aryl methyl sites for hydroxylation is 2. The molecule has 1 nitrogen and oxygen atoms in total. The fourth-order valence-electron chi connectivity index (χ4n) is 1.99. The Morgan fingerprint density at radius 3 is 1.89 bits per heavy atom. The minimum atomic E-state index is 0.608. The topological polar surface area (TPSA) is 17.1 Å². The lowest BCUT2D eigenvalue weighted by molar-refractivity contribution is -0.107. The predicted octanol–water partition coefficient (Wildman–Crippen LogP) is 3.72. The van der Waals surface area contributed by atoms with Gasteiger partial charge in [-0.25, -0.2) is 0 Å². The largest absolute Gasteiger partial charge is 0.303 e. The molecular formula is C17H18O. The van der Waals surface area contributed by atoms with Gasteiger partial charge in [0.15, 0.2) is 0 Å². The van der Waals surface area contributed by atoms with Crippen LogP contribution in [0.15, 0.2) is 48.5 Å². The van der Waals surface area contributed by atoms with Gasteiger partial charge in [0.25, 0.3) is 0 Å². The average Bonchev–Trinajstić information content (AvgIpc) is 2.41. The van der Waals surface area contributed by atoms with Crippen molar-refractivity contribution in [2.45, 2.75) is 26.2 Å². The Labute approximate surface area is 108 Å². The lowest BCUT2D eigenvalue weighted by atomic mass is 10.0. The summed E-state index contributed by atoms with van der Waals surface area (Å²) in [5.74, 6) is 0. The van der Waals surface area contributed by atoms with Gasteiger partial charge in [0, 0.05) is 6.42 Å². The molecule has 0 amide bonds. The van der Waals surface area contributed by atoms with E-state index >= 15 is 0 Å². The zero-order valence-electron chi connectivity index (χ0n) is 10.7. The molecule has 0 radical (unpaired) electrons. The van der Waals surface area contributed by atoms with Crippen LogP contribution in [0.3, 0.4) is 0 Å². The summed E-state index contributed by atoms with van der Waals surface area (Å²) in [4.78, 5) is 10.3. The van der Waals surface area contributed by atoms with Gasteiger partial charge in [0.2, 0.25) is 0 Å². The highest BCUT2D eigenvalue weighted by Crippen LogP contribution is 2.12. The summed E-state index contributed by atoms with van der Waals surface area (Å²) < 4.78 is 0. The number of carbonyl (C=O) groups is 1. The van der Waals surface area contributed by atoms with Gasteiger partial charge in [-0.1, -0.05) is 54.1 Å². The van der Waals surface area contributed by atoms with Crippen LogP contribution < -0.4 is 0 Å². The number of hydrogen-bond donors (Lipinski definition) is 0. The van der Waals surface area contributed by atoms with Crippen molar-refractivity contribution < 1.29 is 4.79 Å². The van der Waals surface area contributed by atoms with E-state index in [0.29, 0.717) is 6.42 Å². The Bertz CT molecular complexity index is 494. The van der Waals surface area contributed by atoms with Gasteiger partial charge in [0.1, 0.15) is 6.29 Å². The molecule has 0 aliphatic carbocycles. The van der Waals surface area contributed by atoms with Crippen molar-refractivity contribution in [2.24, 2.45) is 0 Å². The number of rotatable bonds is 5. The summed E-state index contributed by atoms with van der Waals surface area (Å²) in [5, 5.41) is 0. The van der Waals surface area contributed by atoms with Crippen molar-refractivity contribution >= 4 is 6.29 Å². The minimum Gasteiger partial charge on any atom is -0.303 e. The van der Waals surface area contributed by atoms with Gasteiger partial charge in [-0.2, -0.15) is 0 Å². The summed E-state index contributed by atoms with van der Waals surface area (Å²) in [7, 11) is 0. The Morgan fingerprint density at radius 1 is 0.833 bits per heavy atom. The van der Waals surface area contributed by atoms with Crippen molar-refractivity contribution in [1.29, 1.82) is 0 Å². The second kappa shape index (κ2) is 6.15. The highest BCUT2D eigenvalue weighted by molar-refractivity contribution is 5.50. The second-order valence-electron chi connectivity index (χ2n) is 4.68. The molecule has 2 aromatic carbocycles. The van der Waals surface area contributed by atoms with Crippen molar-refractivity contribution in [3.63, 3.8) is 0 Å².